The third-order valence-corrected chi connectivity index (χ3v) is 5.58. The lowest BCUT2D eigenvalue weighted by Crippen LogP contribution is -2.35. The molecule has 0 amide bonds. The number of furan rings is 1. The first kappa shape index (κ1) is 16.7. The van der Waals surface area contributed by atoms with Crippen molar-refractivity contribution in [2.24, 2.45) is 7.05 Å². The van der Waals surface area contributed by atoms with Gasteiger partial charge in [0.2, 0.25) is 5.69 Å². The molecule has 0 radical (unpaired) electrons. The highest BCUT2D eigenvalue weighted by molar-refractivity contribution is 5.98. The molecule has 3 nitrogen and oxygen atoms in total. The molecule has 2 aromatic carbocycles. The standard InChI is InChI=1S/C25H21N2O/c1-16-11-19-8-10-28-24(19)14-23(16)25-22-7-6-18(20-5-4-9-26-15-20)13-21(22)12-17(2)27(25)3/h4-15H,1-3H3/q+1. The summed E-state index contributed by atoms with van der Waals surface area (Å²) < 4.78 is 7.95. The van der Waals surface area contributed by atoms with Crippen LogP contribution in [0.3, 0.4) is 0 Å². The van der Waals surface area contributed by atoms with Gasteiger partial charge in [0.05, 0.1) is 17.2 Å². The van der Waals surface area contributed by atoms with Crippen LogP contribution in [-0.4, -0.2) is 4.98 Å². The minimum absolute atomic E-state index is 0.919. The molecule has 3 heterocycles. The molecule has 136 valence electrons. The molecule has 0 unspecified atom stereocenters. The first-order valence-electron chi connectivity index (χ1n) is 9.44. The molecule has 28 heavy (non-hydrogen) atoms. The van der Waals surface area contributed by atoms with E-state index in [-0.39, 0.29) is 0 Å². The second-order valence-electron chi connectivity index (χ2n) is 7.36. The van der Waals surface area contributed by atoms with Gasteiger partial charge in [-0.25, -0.2) is 0 Å². The SMILES string of the molecule is Cc1cc2ccoc2cc1-c1c2ccc(-c3cccnc3)cc2cc(C)[n+]1C. The van der Waals surface area contributed by atoms with E-state index in [4.69, 9.17) is 4.42 Å². The van der Waals surface area contributed by atoms with Crippen molar-refractivity contribution >= 4 is 21.7 Å². The zero-order valence-corrected chi connectivity index (χ0v) is 16.2. The Morgan fingerprint density at radius 3 is 2.61 bits per heavy atom. The van der Waals surface area contributed by atoms with E-state index in [1.165, 1.54) is 38.9 Å². The van der Waals surface area contributed by atoms with Crippen LogP contribution in [0, 0.1) is 13.8 Å². The average molecular weight is 365 g/mol. The Morgan fingerprint density at radius 2 is 1.79 bits per heavy atom. The van der Waals surface area contributed by atoms with Gasteiger partial charge in [0.25, 0.3) is 0 Å². The molecular weight excluding hydrogens is 344 g/mol. The van der Waals surface area contributed by atoms with Gasteiger partial charge in [-0.1, -0.05) is 12.1 Å². The van der Waals surface area contributed by atoms with Gasteiger partial charge < -0.3 is 4.42 Å². The van der Waals surface area contributed by atoms with E-state index in [1.807, 2.05) is 18.3 Å². The first-order chi connectivity index (χ1) is 13.6. The van der Waals surface area contributed by atoms with Crippen LogP contribution in [0.25, 0.3) is 44.1 Å². The highest BCUT2D eigenvalue weighted by Gasteiger charge is 2.21. The van der Waals surface area contributed by atoms with Crippen LogP contribution >= 0.6 is 0 Å². The normalized spacial score (nSPS) is 11.4. The van der Waals surface area contributed by atoms with Crippen molar-refractivity contribution < 1.29 is 8.98 Å². The molecule has 3 aromatic heterocycles. The summed E-state index contributed by atoms with van der Waals surface area (Å²) in [5.41, 5.74) is 8.10. The Kier molecular flexibility index (Phi) is 3.76. The fourth-order valence-electron chi connectivity index (χ4n) is 3.99. The van der Waals surface area contributed by atoms with Crippen LogP contribution in [-0.2, 0) is 7.05 Å². The number of aryl methyl sites for hydroxylation is 2. The maximum absolute atomic E-state index is 5.68. The maximum atomic E-state index is 5.68. The molecule has 0 aliphatic rings. The molecule has 0 saturated heterocycles. The average Bonchev–Trinajstić information content (AvgIpc) is 3.16. The number of pyridine rings is 2. The maximum Gasteiger partial charge on any atom is 0.220 e. The van der Waals surface area contributed by atoms with E-state index in [9.17, 15) is 0 Å². The Morgan fingerprint density at radius 1 is 0.893 bits per heavy atom. The predicted octanol–water partition coefficient (Wildman–Crippen LogP) is 5.76. The first-order valence-corrected chi connectivity index (χ1v) is 9.44. The van der Waals surface area contributed by atoms with Gasteiger partial charge in [0.15, 0.2) is 5.69 Å². The fraction of sp³-hybridized carbons (Fsp3) is 0.120. The van der Waals surface area contributed by atoms with Gasteiger partial charge in [0, 0.05) is 36.3 Å². The summed E-state index contributed by atoms with van der Waals surface area (Å²) in [5.74, 6) is 0. The summed E-state index contributed by atoms with van der Waals surface area (Å²) in [6.45, 7) is 4.32. The van der Waals surface area contributed by atoms with Gasteiger partial charge in [-0.2, -0.15) is 4.57 Å². The van der Waals surface area contributed by atoms with Crippen molar-refractivity contribution in [1.82, 2.24) is 4.98 Å². The number of rotatable bonds is 2. The molecule has 5 rings (SSSR count). The third-order valence-electron chi connectivity index (χ3n) is 5.58. The van der Waals surface area contributed by atoms with E-state index >= 15 is 0 Å². The number of nitrogens with zero attached hydrogens (tertiary/aromatic N) is 2. The van der Waals surface area contributed by atoms with Crippen LogP contribution in [0.15, 0.2) is 77.7 Å². The number of benzene rings is 2. The molecule has 0 spiro atoms. The highest BCUT2D eigenvalue weighted by atomic mass is 16.3. The Bertz CT molecular complexity index is 1330. The third kappa shape index (κ3) is 2.59. The van der Waals surface area contributed by atoms with Gasteiger partial charge in [-0.3, -0.25) is 4.98 Å². The van der Waals surface area contributed by atoms with E-state index in [2.05, 4.69) is 72.9 Å². The van der Waals surface area contributed by atoms with Gasteiger partial charge in [-0.15, -0.1) is 0 Å². The highest BCUT2D eigenvalue weighted by Crippen LogP contribution is 2.33. The molecule has 5 aromatic rings. The van der Waals surface area contributed by atoms with Crippen molar-refractivity contribution in [3.05, 3.63) is 84.5 Å². The monoisotopic (exact) mass is 365 g/mol. The van der Waals surface area contributed by atoms with Crippen LogP contribution in [0.5, 0.6) is 0 Å². The number of aromatic nitrogens is 2. The number of fused-ring (bicyclic) bond motifs is 2. The minimum Gasteiger partial charge on any atom is -0.464 e. The lowest BCUT2D eigenvalue weighted by atomic mass is 9.95. The van der Waals surface area contributed by atoms with Gasteiger partial charge in [-0.05, 0) is 59.8 Å². The molecule has 0 saturated carbocycles. The summed E-state index contributed by atoms with van der Waals surface area (Å²) in [5, 5.41) is 3.60. The summed E-state index contributed by atoms with van der Waals surface area (Å²) in [7, 11) is 2.13. The lowest BCUT2D eigenvalue weighted by molar-refractivity contribution is -0.665. The molecule has 0 N–H and O–H groups in total. The molecule has 0 aliphatic heterocycles. The molecule has 0 aliphatic carbocycles. The molecule has 0 atom stereocenters. The van der Waals surface area contributed by atoms with Crippen LogP contribution in [0.4, 0.5) is 0 Å². The van der Waals surface area contributed by atoms with E-state index in [0.29, 0.717) is 0 Å². The molecular formula is C25H21N2O+. The molecule has 0 bridgehead atoms. The van der Waals surface area contributed by atoms with Crippen molar-refractivity contribution in [3.63, 3.8) is 0 Å². The second-order valence-corrected chi connectivity index (χ2v) is 7.36. The van der Waals surface area contributed by atoms with Crippen molar-refractivity contribution in [1.29, 1.82) is 0 Å². The smallest absolute Gasteiger partial charge is 0.220 e. The zero-order valence-electron chi connectivity index (χ0n) is 16.2. The zero-order chi connectivity index (χ0) is 19.3. The fourth-order valence-corrected chi connectivity index (χ4v) is 3.99. The predicted molar refractivity (Wildman–Crippen MR) is 113 cm³/mol. The van der Waals surface area contributed by atoms with Crippen LogP contribution in [0.2, 0.25) is 0 Å². The topological polar surface area (TPSA) is 29.9 Å². The Balaban J connectivity index is 1.80. The van der Waals surface area contributed by atoms with Gasteiger partial charge >= 0.3 is 0 Å². The van der Waals surface area contributed by atoms with Crippen LogP contribution < -0.4 is 4.57 Å². The quantitative estimate of drug-likeness (QED) is 0.373. The minimum atomic E-state index is 0.919. The van der Waals surface area contributed by atoms with Crippen molar-refractivity contribution in [2.75, 3.05) is 0 Å². The molecule has 3 heteroatoms. The van der Waals surface area contributed by atoms with Crippen molar-refractivity contribution in [3.8, 4) is 22.4 Å². The van der Waals surface area contributed by atoms with Crippen LogP contribution in [0.1, 0.15) is 11.3 Å². The second kappa shape index (κ2) is 6.31. The molecule has 0 fully saturated rings. The largest absolute Gasteiger partial charge is 0.464 e. The summed E-state index contributed by atoms with van der Waals surface area (Å²) in [6.07, 6.45) is 5.47. The van der Waals surface area contributed by atoms with Gasteiger partial charge in [0.1, 0.15) is 12.6 Å². The number of hydrogen-bond acceptors (Lipinski definition) is 2. The summed E-state index contributed by atoms with van der Waals surface area (Å²) in [4.78, 5) is 4.26. The van der Waals surface area contributed by atoms with Crippen molar-refractivity contribution in [2.45, 2.75) is 13.8 Å². The lowest BCUT2D eigenvalue weighted by Gasteiger charge is -2.11. The van der Waals surface area contributed by atoms with E-state index in [0.717, 1.165) is 16.5 Å². The Hall–Kier alpha value is -3.46. The Labute approximate surface area is 163 Å². The van der Waals surface area contributed by atoms with E-state index < -0.39 is 0 Å². The number of hydrogen-bond donors (Lipinski definition) is 0. The van der Waals surface area contributed by atoms with E-state index in [1.54, 1.807) is 12.5 Å². The summed E-state index contributed by atoms with van der Waals surface area (Å²) >= 11 is 0. The summed E-state index contributed by atoms with van der Waals surface area (Å²) in [6, 6.07) is 19.4.